The number of piperidine rings is 1. The van der Waals surface area contributed by atoms with Gasteiger partial charge in [-0.1, -0.05) is 29.8 Å². The molecule has 0 unspecified atom stereocenters. The molecular formula is C24H25FN4O2. The van der Waals surface area contributed by atoms with Crippen LogP contribution in [0.4, 0.5) is 10.2 Å². The molecule has 0 bridgehead atoms. The van der Waals surface area contributed by atoms with Gasteiger partial charge in [0.15, 0.2) is 5.82 Å². The first kappa shape index (κ1) is 20.8. The molecule has 1 fully saturated rings. The van der Waals surface area contributed by atoms with Crippen molar-refractivity contribution >= 4 is 11.7 Å². The monoisotopic (exact) mass is 420 g/mol. The van der Waals surface area contributed by atoms with Crippen LogP contribution in [0.15, 0.2) is 60.9 Å². The summed E-state index contributed by atoms with van der Waals surface area (Å²) in [5.74, 6) is 1.30. The summed E-state index contributed by atoms with van der Waals surface area (Å²) in [5, 5.41) is 2.96. The zero-order chi connectivity index (χ0) is 21.6. The molecule has 0 saturated carbocycles. The molecule has 7 heteroatoms. The Balaban J connectivity index is 1.41. The van der Waals surface area contributed by atoms with Gasteiger partial charge in [0.25, 0.3) is 5.88 Å². The summed E-state index contributed by atoms with van der Waals surface area (Å²) in [6.07, 6.45) is 4.91. The number of halogens is 1. The number of amides is 1. The zero-order valence-electron chi connectivity index (χ0n) is 17.4. The number of carbonyl (C=O) groups is 1. The van der Waals surface area contributed by atoms with Crippen LogP contribution < -0.4 is 15.0 Å². The molecule has 1 amide bonds. The van der Waals surface area contributed by atoms with Gasteiger partial charge in [-0.25, -0.2) is 14.4 Å². The molecule has 1 aromatic heterocycles. The minimum atomic E-state index is -0.286. The Hall–Kier alpha value is -3.48. The van der Waals surface area contributed by atoms with Gasteiger partial charge in [-0.15, -0.1) is 0 Å². The van der Waals surface area contributed by atoms with E-state index in [0.29, 0.717) is 30.5 Å². The molecule has 6 nitrogen and oxygen atoms in total. The van der Waals surface area contributed by atoms with Crippen LogP contribution in [0.5, 0.6) is 11.6 Å². The fourth-order valence-electron chi connectivity index (χ4n) is 3.64. The van der Waals surface area contributed by atoms with Crippen molar-refractivity contribution in [2.45, 2.75) is 26.3 Å². The minimum Gasteiger partial charge on any atom is -0.436 e. The lowest BCUT2D eigenvalue weighted by atomic mass is 9.97. The van der Waals surface area contributed by atoms with Gasteiger partial charge in [0.1, 0.15) is 11.6 Å². The second-order valence-electron chi connectivity index (χ2n) is 7.73. The number of carbonyl (C=O) groups excluding carboxylic acids is 1. The van der Waals surface area contributed by atoms with Crippen LogP contribution in [-0.4, -0.2) is 29.0 Å². The zero-order valence-corrected chi connectivity index (χ0v) is 17.4. The SMILES string of the molecule is Cc1ccc(Oc2nccnc2N2CCC[C@@H](C(=O)NCc3ccc(F)cc3)C2)cc1. The van der Waals surface area contributed by atoms with Crippen LogP contribution in [0.2, 0.25) is 0 Å². The second-order valence-corrected chi connectivity index (χ2v) is 7.73. The lowest BCUT2D eigenvalue weighted by Gasteiger charge is -2.33. The Labute approximate surface area is 181 Å². The molecule has 160 valence electrons. The lowest BCUT2D eigenvalue weighted by Crippen LogP contribution is -2.43. The second kappa shape index (κ2) is 9.55. The first-order chi connectivity index (χ1) is 15.1. The van der Waals surface area contributed by atoms with Crippen molar-refractivity contribution in [3.63, 3.8) is 0 Å². The normalized spacial score (nSPS) is 16.1. The van der Waals surface area contributed by atoms with E-state index in [4.69, 9.17) is 4.74 Å². The Kier molecular flexibility index (Phi) is 6.40. The van der Waals surface area contributed by atoms with E-state index in [2.05, 4.69) is 20.2 Å². The number of hydrogen-bond donors (Lipinski definition) is 1. The number of anilines is 1. The molecule has 0 radical (unpaired) electrons. The lowest BCUT2D eigenvalue weighted by molar-refractivity contribution is -0.125. The van der Waals surface area contributed by atoms with E-state index in [9.17, 15) is 9.18 Å². The van der Waals surface area contributed by atoms with E-state index >= 15 is 0 Å². The molecular weight excluding hydrogens is 395 g/mol. The van der Waals surface area contributed by atoms with Gasteiger partial charge in [0, 0.05) is 32.0 Å². The quantitative estimate of drug-likeness (QED) is 0.646. The van der Waals surface area contributed by atoms with Crippen LogP contribution in [0.25, 0.3) is 0 Å². The number of benzene rings is 2. The van der Waals surface area contributed by atoms with Crippen LogP contribution in [0.3, 0.4) is 0 Å². The van der Waals surface area contributed by atoms with Crippen molar-refractivity contribution in [2.75, 3.05) is 18.0 Å². The van der Waals surface area contributed by atoms with Crippen LogP contribution in [0, 0.1) is 18.7 Å². The Morgan fingerprint density at radius 2 is 1.87 bits per heavy atom. The molecule has 1 atom stereocenters. The standard InChI is InChI=1S/C24H25FN4O2/c1-17-4-10-21(11-5-17)31-24-22(26-12-13-27-24)29-14-2-3-19(16-29)23(30)28-15-18-6-8-20(25)9-7-18/h4-13,19H,2-3,14-16H2,1H3,(H,28,30)/t19-/m1/s1. The first-order valence-corrected chi connectivity index (χ1v) is 10.4. The van der Waals surface area contributed by atoms with Gasteiger partial charge in [-0.3, -0.25) is 4.79 Å². The topological polar surface area (TPSA) is 67.4 Å². The van der Waals surface area contributed by atoms with Crippen molar-refractivity contribution in [2.24, 2.45) is 5.92 Å². The largest absolute Gasteiger partial charge is 0.436 e. The molecule has 3 aromatic rings. The average molecular weight is 420 g/mol. The summed E-state index contributed by atoms with van der Waals surface area (Å²) >= 11 is 0. The maximum Gasteiger partial charge on any atom is 0.263 e. The summed E-state index contributed by atoms with van der Waals surface area (Å²) in [4.78, 5) is 23.7. The van der Waals surface area contributed by atoms with Crippen LogP contribution in [-0.2, 0) is 11.3 Å². The van der Waals surface area contributed by atoms with Crippen LogP contribution >= 0.6 is 0 Å². The van der Waals surface area contributed by atoms with Crippen molar-refractivity contribution in [3.05, 3.63) is 77.9 Å². The number of aromatic nitrogens is 2. The molecule has 1 saturated heterocycles. The van der Waals surface area contributed by atoms with E-state index < -0.39 is 0 Å². The van der Waals surface area contributed by atoms with Crippen molar-refractivity contribution in [1.82, 2.24) is 15.3 Å². The number of hydrogen-bond acceptors (Lipinski definition) is 5. The maximum atomic E-state index is 13.1. The van der Waals surface area contributed by atoms with E-state index in [0.717, 1.165) is 30.5 Å². The van der Waals surface area contributed by atoms with Crippen molar-refractivity contribution in [3.8, 4) is 11.6 Å². The highest BCUT2D eigenvalue weighted by atomic mass is 19.1. The van der Waals surface area contributed by atoms with Gasteiger partial charge in [-0.05, 0) is 49.6 Å². The third kappa shape index (κ3) is 5.36. The number of ether oxygens (including phenoxy) is 1. The number of nitrogens with zero attached hydrogens (tertiary/aromatic N) is 3. The van der Waals surface area contributed by atoms with E-state index in [1.807, 2.05) is 31.2 Å². The summed E-state index contributed by atoms with van der Waals surface area (Å²) in [7, 11) is 0. The predicted molar refractivity (Wildman–Crippen MR) is 116 cm³/mol. The third-order valence-corrected chi connectivity index (χ3v) is 5.35. The highest BCUT2D eigenvalue weighted by molar-refractivity contribution is 5.79. The number of aryl methyl sites for hydroxylation is 1. The molecule has 0 spiro atoms. The first-order valence-electron chi connectivity index (χ1n) is 10.4. The van der Waals surface area contributed by atoms with Gasteiger partial charge in [0.05, 0.1) is 5.92 Å². The Morgan fingerprint density at radius 3 is 2.65 bits per heavy atom. The molecule has 4 rings (SSSR count). The van der Waals surface area contributed by atoms with E-state index in [1.165, 1.54) is 12.1 Å². The van der Waals surface area contributed by atoms with E-state index in [-0.39, 0.29) is 17.6 Å². The highest BCUT2D eigenvalue weighted by Gasteiger charge is 2.28. The van der Waals surface area contributed by atoms with Crippen molar-refractivity contribution in [1.29, 1.82) is 0 Å². The fraction of sp³-hybridized carbons (Fsp3) is 0.292. The summed E-state index contributed by atoms with van der Waals surface area (Å²) in [5.41, 5.74) is 2.02. The van der Waals surface area contributed by atoms with Gasteiger partial charge in [-0.2, -0.15) is 0 Å². The summed E-state index contributed by atoms with van der Waals surface area (Å²) < 4.78 is 19.0. The summed E-state index contributed by atoms with van der Waals surface area (Å²) in [6, 6.07) is 13.9. The highest BCUT2D eigenvalue weighted by Crippen LogP contribution is 2.31. The van der Waals surface area contributed by atoms with Crippen LogP contribution in [0.1, 0.15) is 24.0 Å². The molecule has 2 heterocycles. The molecule has 1 aliphatic heterocycles. The smallest absolute Gasteiger partial charge is 0.263 e. The molecule has 1 aliphatic rings. The maximum absolute atomic E-state index is 13.1. The number of rotatable bonds is 6. The summed E-state index contributed by atoms with van der Waals surface area (Å²) in [6.45, 7) is 3.72. The predicted octanol–water partition coefficient (Wildman–Crippen LogP) is 4.25. The molecule has 1 N–H and O–H groups in total. The molecule has 2 aromatic carbocycles. The Morgan fingerprint density at radius 1 is 1.13 bits per heavy atom. The molecule has 31 heavy (non-hydrogen) atoms. The minimum absolute atomic E-state index is 0.0149. The van der Waals surface area contributed by atoms with Gasteiger partial charge >= 0.3 is 0 Å². The third-order valence-electron chi connectivity index (χ3n) is 5.35. The average Bonchev–Trinajstić information content (AvgIpc) is 2.80. The molecule has 0 aliphatic carbocycles. The van der Waals surface area contributed by atoms with Gasteiger partial charge in [0.2, 0.25) is 5.91 Å². The number of nitrogens with one attached hydrogen (secondary N) is 1. The van der Waals surface area contributed by atoms with Crippen molar-refractivity contribution < 1.29 is 13.9 Å². The van der Waals surface area contributed by atoms with Gasteiger partial charge < -0.3 is 15.0 Å². The van der Waals surface area contributed by atoms with E-state index in [1.54, 1.807) is 24.5 Å². The fourth-order valence-corrected chi connectivity index (χ4v) is 3.64. The Bertz CT molecular complexity index is 1020.